The summed E-state index contributed by atoms with van der Waals surface area (Å²) in [6, 6.07) is 8.22. The highest BCUT2D eigenvalue weighted by Gasteiger charge is 2.21. The Kier molecular flexibility index (Phi) is 5.02. The van der Waals surface area contributed by atoms with Crippen LogP contribution in [0.15, 0.2) is 24.3 Å². The highest BCUT2D eigenvalue weighted by atomic mass is 16.3. The highest BCUT2D eigenvalue weighted by Crippen LogP contribution is 2.28. The summed E-state index contributed by atoms with van der Waals surface area (Å²) in [6.45, 7) is 6.58. The topological polar surface area (TPSA) is 35.5 Å². The van der Waals surface area contributed by atoms with Crippen LogP contribution in [0.25, 0.3) is 0 Å². The second-order valence-electron chi connectivity index (χ2n) is 5.04. The molecule has 100 valence electrons. The zero-order chi connectivity index (χ0) is 12.8. The van der Waals surface area contributed by atoms with Gasteiger partial charge in [-0.05, 0) is 24.1 Å². The van der Waals surface area contributed by atoms with Crippen molar-refractivity contribution in [2.45, 2.75) is 32.2 Å². The van der Waals surface area contributed by atoms with Gasteiger partial charge >= 0.3 is 0 Å². The Morgan fingerprint density at radius 3 is 2.78 bits per heavy atom. The molecule has 0 amide bonds. The third kappa shape index (κ3) is 3.47. The Balaban J connectivity index is 2.12. The molecule has 1 atom stereocenters. The third-order valence-corrected chi connectivity index (χ3v) is 3.68. The quantitative estimate of drug-likeness (QED) is 0.840. The number of hydrogen-bond donors (Lipinski definition) is 2. The summed E-state index contributed by atoms with van der Waals surface area (Å²) in [5.74, 6) is 0.379. The molecule has 0 aliphatic carbocycles. The summed E-state index contributed by atoms with van der Waals surface area (Å²) in [4.78, 5) is 2.54. The van der Waals surface area contributed by atoms with Crippen molar-refractivity contribution in [1.82, 2.24) is 10.2 Å². The van der Waals surface area contributed by atoms with Gasteiger partial charge in [-0.3, -0.25) is 4.90 Å². The van der Waals surface area contributed by atoms with Crippen LogP contribution in [-0.4, -0.2) is 36.2 Å². The van der Waals surface area contributed by atoms with Gasteiger partial charge in [-0.15, -0.1) is 0 Å². The van der Waals surface area contributed by atoms with Gasteiger partial charge in [0, 0.05) is 32.2 Å². The Bertz CT molecular complexity index is 361. The van der Waals surface area contributed by atoms with Crippen molar-refractivity contribution in [3.05, 3.63) is 29.8 Å². The van der Waals surface area contributed by atoms with E-state index in [9.17, 15) is 5.11 Å². The molecule has 0 aromatic heterocycles. The SMILES string of the molecule is CCCC[C@@H](c1cccc(O)c1)N1CCNCC1. The third-order valence-electron chi connectivity index (χ3n) is 3.68. The lowest BCUT2D eigenvalue weighted by Gasteiger charge is -2.35. The second kappa shape index (κ2) is 6.76. The molecule has 1 aromatic rings. The van der Waals surface area contributed by atoms with Gasteiger partial charge in [-0.1, -0.05) is 31.9 Å². The summed E-state index contributed by atoms with van der Waals surface area (Å²) in [7, 11) is 0. The fourth-order valence-electron chi connectivity index (χ4n) is 2.68. The largest absolute Gasteiger partial charge is 0.508 e. The van der Waals surface area contributed by atoms with E-state index in [0.717, 1.165) is 26.2 Å². The van der Waals surface area contributed by atoms with Gasteiger partial charge in [0.15, 0.2) is 0 Å². The zero-order valence-corrected chi connectivity index (χ0v) is 11.2. The molecule has 2 rings (SSSR count). The lowest BCUT2D eigenvalue weighted by Crippen LogP contribution is -2.45. The minimum absolute atomic E-state index is 0.379. The Morgan fingerprint density at radius 1 is 1.33 bits per heavy atom. The molecule has 1 saturated heterocycles. The monoisotopic (exact) mass is 248 g/mol. The maximum absolute atomic E-state index is 9.65. The summed E-state index contributed by atoms with van der Waals surface area (Å²) >= 11 is 0. The summed E-state index contributed by atoms with van der Waals surface area (Å²) in [5, 5.41) is 13.1. The van der Waals surface area contributed by atoms with Crippen molar-refractivity contribution in [3.8, 4) is 5.75 Å². The van der Waals surface area contributed by atoms with Crippen LogP contribution < -0.4 is 5.32 Å². The molecular formula is C15H24N2O. The molecule has 1 heterocycles. The first kappa shape index (κ1) is 13.4. The lowest BCUT2D eigenvalue weighted by molar-refractivity contribution is 0.163. The molecule has 3 heteroatoms. The summed E-state index contributed by atoms with van der Waals surface area (Å²) < 4.78 is 0. The second-order valence-corrected chi connectivity index (χ2v) is 5.04. The van der Waals surface area contributed by atoms with Crippen LogP contribution in [0.2, 0.25) is 0 Å². The lowest BCUT2D eigenvalue weighted by atomic mass is 9.98. The van der Waals surface area contributed by atoms with Crippen molar-refractivity contribution in [3.63, 3.8) is 0 Å². The Hall–Kier alpha value is -1.06. The number of unbranched alkanes of at least 4 members (excludes halogenated alkanes) is 1. The minimum atomic E-state index is 0.379. The van der Waals surface area contributed by atoms with E-state index in [1.807, 2.05) is 12.1 Å². The molecule has 0 saturated carbocycles. The standard InChI is InChI=1S/C15H24N2O/c1-2-3-7-15(17-10-8-16-9-11-17)13-5-4-6-14(18)12-13/h4-6,12,15-16,18H,2-3,7-11H2,1H3/t15-/m0/s1. The van der Waals surface area contributed by atoms with Crippen molar-refractivity contribution in [1.29, 1.82) is 0 Å². The van der Waals surface area contributed by atoms with Crippen LogP contribution in [0.3, 0.4) is 0 Å². The minimum Gasteiger partial charge on any atom is -0.508 e. The smallest absolute Gasteiger partial charge is 0.115 e. The van der Waals surface area contributed by atoms with E-state index < -0.39 is 0 Å². The molecule has 0 radical (unpaired) electrons. The fraction of sp³-hybridized carbons (Fsp3) is 0.600. The van der Waals surface area contributed by atoms with Crippen LogP contribution in [0.5, 0.6) is 5.75 Å². The molecule has 0 unspecified atom stereocenters. The van der Waals surface area contributed by atoms with E-state index in [1.165, 1.54) is 24.8 Å². The van der Waals surface area contributed by atoms with Crippen molar-refractivity contribution >= 4 is 0 Å². The highest BCUT2D eigenvalue weighted by molar-refractivity contribution is 5.29. The number of benzene rings is 1. The molecule has 1 aliphatic rings. The predicted octanol–water partition coefficient (Wildman–Crippen LogP) is 2.53. The number of rotatable bonds is 5. The number of phenolic OH excluding ortho intramolecular Hbond substituents is 1. The van der Waals surface area contributed by atoms with Crippen LogP contribution in [0.1, 0.15) is 37.8 Å². The van der Waals surface area contributed by atoms with Crippen LogP contribution in [0.4, 0.5) is 0 Å². The van der Waals surface area contributed by atoms with Gasteiger partial charge < -0.3 is 10.4 Å². The van der Waals surface area contributed by atoms with Crippen LogP contribution in [0, 0.1) is 0 Å². The zero-order valence-electron chi connectivity index (χ0n) is 11.2. The predicted molar refractivity (Wildman–Crippen MR) is 74.8 cm³/mol. The molecule has 18 heavy (non-hydrogen) atoms. The number of nitrogens with zero attached hydrogens (tertiary/aromatic N) is 1. The number of nitrogens with one attached hydrogen (secondary N) is 1. The summed E-state index contributed by atoms with van der Waals surface area (Å²) in [6.07, 6.45) is 3.64. The molecule has 0 bridgehead atoms. The van der Waals surface area contributed by atoms with E-state index in [0.29, 0.717) is 11.8 Å². The van der Waals surface area contributed by atoms with E-state index in [-0.39, 0.29) is 0 Å². The number of piperazine rings is 1. The molecule has 3 nitrogen and oxygen atoms in total. The van der Waals surface area contributed by atoms with Gasteiger partial charge in [-0.2, -0.15) is 0 Å². The maximum Gasteiger partial charge on any atom is 0.115 e. The van der Waals surface area contributed by atoms with Crippen molar-refractivity contribution in [2.24, 2.45) is 0 Å². The van der Waals surface area contributed by atoms with Crippen molar-refractivity contribution < 1.29 is 5.11 Å². The van der Waals surface area contributed by atoms with Gasteiger partial charge in [0.1, 0.15) is 5.75 Å². The normalized spacial score (nSPS) is 18.7. The fourth-order valence-corrected chi connectivity index (χ4v) is 2.68. The number of aromatic hydroxyl groups is 1. The van der Waals surface area contributed by atoms with Crippen LogP contribution >= 0.6 is 0 Å². The number of hydrogen-bond acceptors (Lipinski definition) is 3. The Morgan fingerprint density at radius 2 is 2.11 bits per heavy atom. The van der Waals surface area contributed by atoms with Crippen molar-refractivity contribution in [2.75, 3.05) is 26.2 Å². The van der Waals surface area contributed by atoms with E-state index in [1.54, 1.807) is 6.07 Å². The van der Waals surface area contributed by atoms with E-state index >= 15 is 0 Å². The molecule has 1 fully saturated rings. The van der Waals surface area contributed by atoms with E-state index in [4.69, 9.17) is 0 Å². The Labute approximate surface area is 110 Å². The first-order valence-electron chi connectivity index (χ1n) is 7.05. The molecule has 1 aromatic carbocycles. The van der Waals surface area contributed by atoms with Crippen LogP contribution in [-0.2, 0) is 0 Å². The van der Waals surface area contributed by atoms with Gasteiger partial charge in [0.05, 0.1) is 0 Å². The van der Waals surface area contributed by atoms with Gasteiger partial charge in [0.2, 0.25) is 0 Å². The van der Waals surface area contributed by atoms with Gasteiger partial charge in [-0.25, -0.2) is 0 Å². The maximum atomic E-state index is 9.65. The van der Waals surface area contributed by atoms with Gasteiger partial charge in [0.25, 0.3) is 0 Å². The average molecular weight is 248 g/mol. The number of phenols is 1. The first-order chi connectivity index (χ1) is 8.81. The first-order valence-corrected chi connectivity index (χ1v) is 7.05. The molecule has 0 spiro atoms. The molecule has 1 aliphatic heterocycles. The summed E-state index contributed by atoms with van der Waals surface area (Å²) in [5.41, 5.74) is 1.25. The molecular weight excluding hydrogens is 224 g/mol. The average Bonchev–Trinajstić information content (AvgIpc) is 2.40. The molecule has 2 N–H and O–H groups in total. The van der Waals surface area contributed by atoms with E-state index in [2.05, 4.69) is 23.2 Å².